The maximum Gasteiger partial charge on any atom is 0.277 e. The van der Waals surface area contributed by atoms with Gasteiger partial charge in [0.15, 0.2) is 5.82 Å². The second kappa shape index (κ2) is 6.11. The van der Waals surface area contributed by atoms with Gasteiger partial charge in [-0.05, 0) is 31.0 Å². The number of thiazole rings is 1. The number of nitrogens with two attached hydrogens (primary N) is 1. The zero-order valence-corrected chi connectivity index (χ0v) is 15.0. The van der Waals surface area contributed by atoms with Gasteiger partial charge in [-0.15, -0.1) is 11.3 Å². The van der Waals surface area contributed by atoms with Gasteiger partial charge in [-0.2, -0.15) is 4.98 Å². The van der Waals surface area contributed by atoms with Crippen molar-refractivity contribution in [1.82, 2.24) is 15.1 Å². The fourth-order valence-corrected chi connectivity index (χ4v) is 4.30. The van der Waals surface area contributed by atoms with E-state index in [-0.39, 0.29) is 0 Å². The van der Waals surface area contributed by atoms with E-state index in [0.29, 0.717) is 27.5 Å². The second-order valence-corrected chi connectivity index (χ2v) is 7.65. The van der Waals surface area contributed by atoms with Crippen molar-refractivity contribution >= 4 is 34.5 Å². The van der Waals surface area contributed by atoms with Crippen LogP contribution in [-0.4, -0.2) is 15.1 Å². The number of aromatic nitrogens is 3. The molecule has 2 heterocycles. The monoisotopic (exact) mass is 380 g/mol. The highest BCUT2D eigenvalue weighted by Gasteiger charge is 2.36. The van der Waals surface area contributed by atoms with Crippen LogP contribution >= 0.6 is 34.5 Å². The molecular weight excluding hydrogens is 367 g/mol. The summed E-state index contributed by atoms with van der Waals surface area (Å²) >= 11 is 13.6. The number of hydrogen-bond donors (Lipinski definition) is 1. The maximum atomic E-state index is 6.37. The van der Waals surface area contributed by atoms with Gasteiger partial charge in [0.1, 0.15) is 10.7 Å². The molecule has 2 N–H and O–H groups in total. The van der Waals surface area contributed by atoms with Gasteiger partial charge in [0.05, 0.1) is 10.6 Å². The summed E-state index contributed by atoms with van der Waals surface area (Å²) in [4.78, 5) is 9.02. The van der Waals surface area contributed by atoms with E-state index in [0.717, 1.165) is 36.3 Å². The summed E-state index contributed by atoms with van der Waals surface area (Å²) in [5, 5.41) is 7.86. The highest BCUT2D eigenvalue weighted by Crippen LogP contribution is 2.37. The summed E-state index contributed by atoms with van der Waals surface area (Å²) in [5.74, 6) is 0.948. The zero-order valence-electron chi connectivity index (χ0n) is 12.6. The van der Waals surface area contributed by atoms with Crippen molar-refractivity contribution in [3.05, 3.63) is 39.4 Å². The summed E-state index contributed by atoms with van der Waals surface area (Å²) in [5.41, 5.74) is 7.35. The molecule has 0 saturated heterocycles. The van der Waals surface area contributed by atoms with Crippen LogP contribution < -0.4 is 5.73 Å². The van der Waals surface area contributed by atoms with Crippen molar-refractivity contribution in [2.24, 2.45) is 5.73 Å². The number of rotatable bonds is 3. The lowest BCUT2D eigenvalue weighted by atomic mass is 9.99. The summed E-state index contributed by atoms with van der Waals surface area (Å²) in [6, 6.07) is 5.33. The molecule has 0 atom stereocenters. The van der Waals surface area contributed by atoms with E-state index in [1.54, 1.807) is 12.1 Å². The Morgan fingerprint density at radius 3 is 2.71 bits per heavy atom. The first-order chi connectivity index (χ1) is 11.5. The SMILES string of the molecule is NC1(c2noc(-c3csc(-c4ccc(Cl)cc4Cl)n3)n2)CCCC1. The normalized spacial score (nSPS) is 16.6. The minimum Gasteiger partial charge on any atom is -0.332 e. The van der Waals surface area contributed by atoms with Crippen LogP contribution in [0, 0.1) is 0 Å². The third-order valence-corrected chi connectivity index (χ3v) is 5.68. The van der Waals surface area contributed by atoms with Crippen molar-refractivity contribution < 1.29 is 4.52 Å². The van der Waals surface area contributed by atoms with Gasteiger partial charge in [-0.1, -0.05) is 41.2 Å². The molecule has 1 aromatic carbocycles. The fraction of sp³-hybridized carbons (Fsp3) is 0.312. The maximum absolute atomic E-state index is 6.37. The lowest BCUT2D eigenvalue weighted by molar-refractivity contribution is 0.372. The smallest absolute Gasteiger partial charge is 0.277 e. The van der Waals surface area contributed by atoms with Crippen LogP contribution in [0.2, 0.25) is 10.0 Å². The molecule has 0 unspecified atom stereocenters. The molecule has 24 heavy (non-hydrogen) atoms. The average molecular weight is 381 g/mol. The lowest BCUT2D eigenvalue weighted by Gasteiger charge is -2.17. The topological polar surface area (TPSA) is 77.8 Å². The van der Waals surface area contributed by atoms with Crippen LogP contribution in [0.4, 0.5) is 0 Å². The van der Waals surface area contributed by atoms with E-state index >= 15 is 0 Å². The predicted molar refractivity (Wildman–Crippen MR) is 95.2 cm³/mol. The Hall–Kier alpha value is -1.47. The van der Waals surface area contributed by atoms with E-state index in [1.165, 1.54) is 11.3 Å². The molecule has 124 valence electrons. The minimum absolute atomic E-state index is 0.384. The lowest BCUT2D eigenvalue weighted by Crippen LogP contribution is -2.34. The predicted octanol–water partition coefficient (Wildman–Crippen LogP) is 4.89. The Balaban J connectivity index is 1.65. The van der Waals surface area contributed by atoms with Crippen LogP contribution in [0.5, 0.6) is 0 Å². The van der Waals surface area contributed by atoms with E-state index in [4.69, 9.17) is 33.5 Å². The first kappa shape index (κ1) is 16.0. The summed E-state index contributed by atoms with van der Waals surface area (Å²) in [6.07, 6.45) is 3.95. The Morgan fingerprint density at radius 1 is 1.17 bits per heavy atom. The molecule has 3 aromatic rings. The summed E-state index contributed by atoms with van der Waals surface area (Å²) in [7, 11) is 0. The van der Waals surface area contributed by atoms with E-state index in [9.17, 15) is 0 Å². The van der Waals surface area contributed by atoms with E-state index in [1.807, 2.05) is 11.4 Å². The van der Waals surface area contributed by atoms with Crippen LogP contribution in [0.3, 0.4) is 0 Å². The molecular formula is C16H14Cl2N4OS. The van der Waals surface area contributed by atoms with Crippen LogP contribution in [-0.2, 0) is 5.54 Å². The van der Waals surface area contributed by atoms with Gasteiger partial charge in [0.2, 0.25) is 0 Å². The standard InChI is InChI=1S/C16H14Cl2N4OS/c17-9-3-4-10(11(18)7-9)14-20-12(8-24-14)13-21-15(22-23-13)16(19)5-1-2-6-16/h3-4,7-8H,1-2,5-6,19H2. The van der Waals surface area contributed by atoms with Crippen molar-refractivity contribution in [2.75, 3.05) is 0 Å². The zero-order chi connectivity index (χ0) is 16.7. The van der Waals surface area contributed by atoms with Gasteiger partial charge in [-0.3, -0.25) is 0 Å². The van der Waals surface area contributed by atoms with Gasteiger partial charge in [0, 0.05) is 16.0 Å². The van der Waals surface area contributed by atoms with Gasteiger partial charge in [0.25, 0.3) is 5.89 Å². The van der Waals surface area contributed by atoms with Gasteiger partial charge >= 0.3 is 0 Å². The van der Waals surface area contributed by atoms with Crippen molar-refractivity contribution in [2.45, 2.75) is 31.2 Å². The van der Waals surface area contributed by atoms with E-state index in [2.05, 4.69) is 15.1 Å². The number of benzene rings is 1. The summed E-state index contributed by atoms with van der Waals surface area (Å²) in [6.45, 7) is 0. The molecule has 1 aliphatic rings. The third-order valence-electron chi connectivity index (χ3n) is 4.25. The van der Waals surface area contributed by atoms with Gasteiger partial charge < -0.3 is 10.3 Å². The van der Waals surface area contributed by atoms with Gasteiger partial charge in [-0.25, -0.2) is 4.98 Å². The average Bonchev–Trinajstić information content (AvgIpc) is 3.27. The number of halogens is 2. The first-order valence-corrected chi connectivity index (χ1v) is 9.23. The van der Waals surface area contributed by atoms with Crippen molar-refractivity contribution in [3.8, 4) is 22.2 Å². The largest absolute Gasteiger partial charge is 0.332 e. The van der Waals surface area contributed by atoms with Crippen molar-refractivity contribution in [3.63, 3.8) is 0 Å². The number of nitrogens with zero attached hydrogens (tertiary/aromatic N) is 3. The Morgan fingerprint density at radius 2 is 1.96 bits per heavy atom. The molecule has 4 rings (SSSR count). The van der Waals surface area contributed by atoms with Crippen LogP contribution in [0.15, 0.2) is 28.1 Å². The quantitative estimate of drug-likeness (QED) is 0.699. The minimum atomic E-state index is -0.472. The Bertz CT molecular complexity index is 886. The molecule has 0 aliphatic heterocycles. The third kappa shape index (κ3) is 2.84. The fourth-order valence-electron chi connectivity index (χ4n) is 2.92. The Kier molecular flexibility index (Phi) is 4.08. The highest BCUT2D eigenvalue weighted by atomic mass is 35.5. The molecule has 1 aliphatic carbocycles. The van der Waals surface area contributed by atoms with E-state index < -0.39 is 5.54 Å². The first-order valence-electron chi connectivity index (χ1n) is 7.60. The molecule has 0 bridgehead atoms. The molecule has 0 radical (unpaired) electrons. The molecule has 2 aromatic heterocycles. The molecule has 1 saturated carbocycles. The number of hydrogen-bond acceptors (Lipinski definition) is 6. The highest BCUT2D eigenvalue weighted by molar-refractivity contribution is 7.13. The Labute approximate surface area is 152 Å². The molecule has 0 amide bonds. The van der Waals surface area contributed by atoms with Crippen LogP contribution in [0.1, 0.15) is 31.5 Å². The molecule has 0 spiro atoms. The van der Waals surface area contributed by atoms with Crippen LogP contribution in [0.25, 0.3) is 22.2 Å². The molecule has 5 nitrogen and oxygen atoms in total. The summed E-state index contributed by atoms with van der Waals surface area (Å²) < 4.78 is 5.38. The second-order valence-electron chi connectivity index (χ2n) is 5.95. The van der Waals surface area contributed by atoms with Crippen molar-refractivity contribution in [1.29, 1.82) is 0 Å². The molecule has 8 heteroatoms. The molecule has 1 fully saturated rings.